The van der Waals surface area contributed by atoms with Gasteiger partial charge in [-0.2, -0.15) is 0 Å². The van der Waals surface area contributed by atoms with E-state index >= 15 is 0 Å². The Kier molecular flexibility index (Phi) is 4.40. The molecule has 0 rings (SSSR count). The van der Waals surface area contributed by atoms with Gasteiger partial charge >= 0.3 is 0 Å². The highest BCUT2D eigenvalue weighted by Crippen LogP contribution is 2.37. The first kappa shape index (κ1) is 14.9. The van der Waals surface area contributed by atoms with E-state index in [1.807, 2.05) is 13.8 Å². The average Bonchev–Trinajstić information content (AvgIpc) is 1.96. The zero-order valence-electron chi connectivity index (χ0n) is 11.7. The van der Waals surface area contributed by atoms with E-state index in [0.717, 1.165) is 0 Å². The lowest BCUT2D eigenvalue weighted by atomic mass is 9.93. The van der Waals surface area contributed by atoms with Gasteiger partial charge in [-0.3, -0.25) is 0 Å². The molecular weight excluding hydrogens is 200 g/mol. The predicted octanol–water partition coefficient (Wildman–Crippen LogP) is 4.00. The summed E-state index contributed by atoms with van der Waals surface area (Å²) in [5.41, 5.74) is 1.76. The summed E-state index contributed by atoms with van der Waals surface area (Å²) in [6.45, 7) is 17.5. The fourth-order valence-electron chi connectivity index (χ4n) is 0.870. The Bertz CT molecular complexity index is 228. The molecule has 0 radical (unpaired) electrons. The summed E-state index contributed by atoms with van der Waals surface area (Å²) in [5.74, 6) is 0.214. The molecule has 0 fully saturated rings. The van der Waals surface area contributed by atoms with Gasteiger partial charge < -0.3 is 5.11 Å². The van der Waals surface area contributed by atoms with Crippen molar-refractivity contribution in [3.63, 3.8) is 0 Å². The summed E-state index contributed by atoms with van der Waals surface area (Å²) < 4.78 is 0. The summed E-state index contributed by atoms with van der Waals surface area (Å²) in [7, 11) is -1.34. The third-order valence-electron chi connectivity index (χ3n) is 3.85. The zero-order chi connectivity index (χ0) is 12.5. The van der Waals surface area contributed by atoms with E-state index < -0.39 is 13.7 Å². The maximum atomic E-state index is 9.85. The van der Waals surface area contributed by atoms with Gasteiger partial charge in [0.15, 0.2) is 0 Å². The lowest BCUT2D eigenvalue weighted by Crippen LogP contribution is -2.36. The van der Waals surface area contributed by atoms with E-state index in [2.05, 4.69) is 52.6 Å². The van der Waals surface area contributed by atoms with Crippen LogP contribution in [-0.2, 0) is 0 Å². The van der Waals surface area contributed by atoms with Crippen LogP contribution in [0.25, 0.3) is 0 Å². The summed E-state index contributed by atoms with van der Waals surface area (Å²) in [6, 6.07) is 0. The average molecular weight is 228 g/mol. The second-order valence-electron chi connectivity index (χ2n) is 6.77. The van der Waals surface area contributed by atoms with E-state index in [-0.39, 0.29) is 5.92 Å². The molecule has 90 valence electrons. The molecule has 0 amide bonds. The van der Waals surface area contributed by atoms with Crippen LogP contribution in [-0.4, -0.2) is 18.8 Å². The Morgan fingerprint density at radius 3 is 1.73 bits per heavy atom. The van der Waals surface area contributed by atoms with Gasteiger partial charge in [0.2, 0.25) is 0 Å². The van der Waals surface area contributed by atoms with Gasteiger partial charge in [-0.25, -0.2) is 0 Å². The van der Waals surface area contributed by atoms with Gasteiger partial charge in [-0.05, 0) is 18.9 Å². The molecule has 0 saturated carbocycles. The Hall–Kier alpha value is -0.0831. The zero-order valence-corrected chi connectivity index (χ0v) is 12.7. The molecular formula is C13H28OSi. The molecule has 0 spiro atoms. The van der Waals surface area contributed by atoms with Crippen LogP contribution in [0.3, 0.4) is 0 Å². The molecule has 0 heterocycles. The van der Waals surface area contributed by atoms with Crippen molar-refractivity contribution in [2.24, 2.45) is 5.92 Å². The van der Waals surface area contributed by atoms with Crippen LogP contribution < -0.4 is 0 Å². The van der Waals surface area contributed by atoms with Crippen molar-refractivity contribution in [1.82, 2.24) is 0 Å². The van der Waals surface area contributed by atoms with Crippen LogP contribution in [0.15, 0.2) is 11.8 Å². The summed E-state index contributed by atoms with van der Waals surface area (Å²) in [4.78, 5) is 0. The van der Waals surface area contributed by atoms with Crippen molar-refractivity contribution in [1.29, 1.82) is 0 Å². The predicted molar refractivity (Wildman–Crippen MR) is 71.8 cm³/mol. The first-order valence-electron chi connectivity index (χ1n) is 5.79. The van der Waals surface area contributed by atoms with Crippen LogP contribution >= 0.6 is 0 Å². The normalized spacial score (nSPS) is 17.1. The number of hydrogen-bond acceptors (Lipinski definition) is 1. The Morgan fingerprint density at radius 1 is 1.07 bits per heavy atom. The Morgan fingerprint density at radius 2 is 1.47 bits per heavy atom. The molecule has 0 aliphatic carbocycles. The van der Waals surface area contributed by atoms with Crippen LogP contribution in [0, 0.1) is 5.92 Å². The number of hydrogen-bond donors (Lipinski definition) is 1. The molecule has 0 bridgehead atoms. The van der Waals surface area contributed by atoms with Crippen LogP contribution in [0.4, 0.5) is 0 Å². The highest BCUT2D eigenvalue weighted by molar-refractivity contribution is 6.84. The fraction of sp³-hybridized carbons (Fsp3) is 0.846. The minimum Gasteiger partial charge on any atom is -0.390 e. The third-order valence-corrected chi connectivity index (χ3v) is 8.74. The molecule has 0 aromatic heterocycles. The van der Waals surface area contributed by atoms with Crippen molar-refractivity contribution in [3.8, 4) is 0 Å². The molecule has 0 saturated heterocycles. The van der Waals surface area contributed by atoms with Crippen molar-refractivity contribution in [2.45, 2.75) is 65.3 Å². The molecule has 1 atom stereocenters. The highest BCUT2D eigenvalue weighted by atomic mass is 28.3. The quantitative estimate of drug-likeness (QED) is 0.724. The molecule has 15 heavy (non-hydrogen) atoms. The lowest BCUT2D eigenvalue weighted by molar-refractivity contribution is 0.0441. The summed E-state index contributed by atoms with van der Waals surface area (Å²) >= 11 is 0. The molecule has 2 heteroatoms. The lowest BCUT2D eigenvalue weighted by Gasteiger charge is -2.35. The van der Waals surface area contributed by atoms with E-state index in [4.69, 9.17) is 0 Å². The minimum atomic E-state index is -1.34. The molecule has 0 aliphatic heterocycles. The van der Waals surface area contributed by atoms with Crippen LogP contribution in [0.2, 0.25) is 18.1 Å². The first-order chi connectivity index (χ1) is 6.38. The van der Waals surface area contributed by atoms with Crippen molar-refractivity contribution in [3.05, 3.63) is 11.8 Å². The maximum Gasteiger partial charge on any atom is 0.0766 e. The first-order valence-corrected chi connectivity index (χ1v) is 8.87. The second kappa shape index (κ2) is 4.42. The highest BCUT2D eigenvalue weighted by Gasteiger charge is 2.32. The third kappa shape index (κ3) is 4.52. The van der Waals surface area contributed by atoms with E-state index in [9.17, 15) is 5.11 Å². The largest absolute Gasteiger partial charge is 0.390 e. The maximum absolute atomic E-state index is 9.85. The van der Waals surface area contributed by atoms with E-state index in [1.54, 1.807) is 0 Å². The van der Waals surface area contributed by atoms with Gasteiger partial charge in [0.05, 0.1) is 13.7 Å². The van der Waals surface area contributed by atoms with Crippen LogP contribution in [0.1, 0.15) is 41.5 Å². The van der Waals surface area contributed by atoms with Crippen molar-refractivity contribution < 1.29 is 5.11 Å². The van der Waals surface area contributed by atoms with E-state index in [1.165, 1.54) is 0 Å². The smallest absolute Gasteiger partial charge is 0.0766 e. The van der Waals surface area contributed by atoms with Crippen LogP contribution in [0.5, 0.6) is 0 Å². The standard InChI is InChI=1S/C13H28OSi/c1-11(13(5,6)14)9-10-15(7,8)12(2,3)4/h9-11,14H,1-8H3/b10-9-. The molecule has 1 unspecified atom stereocenters. The van der Waals surface area contributed by atoms with Crippen molar-refractivity contribution >= 4 is 8.07 Å². The van der Waals surface area contributed by atoms with Gasteiger partial charge in [-0.15, -0.1) is 0 Å². The molecule has 0 aliphatic rings. The van der Waals surface area contributed by atoms with Crippen molar-refractivity contribution in [2.75, 3.05) is 0 Å². The minimum absolute atomic E-state index is 0.214. The van der Waals surface area contributed by atoms with E-state index in [0.29, 0.717) is 5.04 Å². The Labute approximate surface area is 96.6 Å². The SMILES string of the molecule is CC(/C=C\[Si](C)(C)C(C)(C)C)C(C)(C)O. The monoisotopic (exact) mass is 228 g/mol. The topological polar surface area (TPSA) is 20.2 Å². The number of aliphatic hydroxyl groups is 1. The van der Waals surface area contributed by atoms with Gasteiger partial charge in [0, 0.05) is 5.92 Å². The molecule has 0 aromatic carbocycles. The summed E-state index contributed by atoms with van der Waals surface area (Å²) in [6.07, 6.45) is 2.19. The molecule has 1 nitrogen and oxygen atoms in total. The molecule has 0 aromatic rings. The van der Waals surface area contributed by atoms with Gasteiger partial charge in [-0.1, -0.05) is 52.6 Å². The number of rotatable bonds is 3. The molecule has 1 N–H and O–H groups in total. The second-order valence-corrected chi connectivity index (χ2v) is 12.0. The Balaban J connectivity index is 4.68. The van der Waals surface area contributed by atoms with Gasteiger partial charge in [0.1, 0.15) is 0 Å². The fourth-order valence-corrected chi connectivity index (χ4v) is 2.14. The van der Waals surface area contributed by atoms with Gasteiger partial charge in [0.25, 0.3) is 0 Å². The summed E-state index contributed by atoms with van der Waals surface area (Å²) in [5, 5.41) is 10.2.